The highest BCUT2D eigenvalue weighted by molar-refractivity contribution is 4.80. The fraction of sp³-hybridized carbons (Fsp3) is 1.00. The highest BCUT2D eigenvalue weighted by Crippen LogP contribution is 2.16. The van der Waals surface area contributed by atoms with Crippen molar-refractivity contribution in [2.45, 2.75) is 66.5 Å². The van der Waals surface area contributed by atoms with Crippen LogP contribution >= 0.6 is 0 Å². The molecule has 0 aromatic heterocycles. The van der Waals surface area contributed by atoms with Crippen LogP contribution in [0.2, 0.25) is 0 Å². The lowest BCUT2D eigenvalue weighted by atomic mass is 9.93. The molecule has 0 heterocycles. The summed E-state index contributed by atoms with van der Waals surface area (Å²) in [5.74, 6) is 2.23. The van der Waals surface area contributed by atoms with Gasteiger partial charge in [-0.3, -0.25) is 0 Å². The largest absolute Gasteiger partial charge is 0.310 e. The number of nitrogens with zero attached hydrogens (tertiary/aromatic N) is 1. The number of likely N-dealkylation sites (N-methyl/N-ethyl adjacent to an activating group) is 1. The third-order valence-corrected chi connectivity index (χ3v) is 3.33. The Kier molecular flexibility index (Phi) is 8.89. The van der Waals surface area contributed by atoms with Crippen molar-refractivity contribution >= 4 is 0 Å². The summed E-state index contributed by atoms with van der Waals surface area (Å²) in [6.07, 6.45) is 2.57. The molecule has 1 atom stereocenters. The van der Waals surface area contributed by atoms with Gasteiger partial charge in [-0.15, -0.1) is 0 Å². The monoisotopic (exact) mass is 256 g/mol. The van der Waals surface area contributed by atoms with Gasteiger partial charge in [0.05, 0.1) is 0 Å². The van der Waals surface area contributed by atoms with E-state index >= 15 is 0 Å². The molecule has 0 bridgehead atoms. The number of nitrogens with one attached hydrogen (secondary N) is 1. The van der Waals surface area contributed by atoms with Crippen molar-refractivity contribution in [3.63, 3.8) is 0 Å². The molecule has 0 radical (unpaired) electrons. The molecule has 0 aliphatic heterocycles. The molecular formula is C16H36N2. The van der Waals surface area contributed by atoms with Crippen LogP contribution in [0.4, 0.5) is 0 Å². The summed E-state index contributed by atoms with van der Waals surface area (Å²) in [7, 11) is 4.33. The second-order valence-electron chi connectivity index (χ2n) is 7.24. The molecule has 18 heavy (non-hydrogen) atoms. The molecule has 0 spiro atoms. The third-order valence-electron chi connectivity index (χ3n) is 3.33. The third kappa shape index (κ3) is 8.93. The molecular weight excluding hydrogens is 220 g/mol. The van der Waals surface area contributed by atoms with Crippen molar-refractivity contribution < 1.29 is 0 Å². The molecule has 0 saturated heterocycles. The molecule has 0 aliphatic rings. The Morgan fingerprint density at radius 1 is 0.833 bits per heavy atom. The minimum absolute atomic E-state index is 0.600. The topological polar surface area (TPSA) is 15.3 Å². The van der Waals surface area contributed by atoms with E-state index in [1.165, 1.54) is 12.8 Å². The normalized spacial score (nSPS) is 14.5. The molecule has 0 aliphatic carbocycles. The summed E-state index contributed by atoms with van der Waals surface area (Å²) in [4.78, 5) is 2.29. The molecule has 1 unspecified atom stereocenters. The van der Waals surface area contributed by atoms with Crippen LogP contribution in [-0.2, 0) is 0 Å². The second kappa shape index (κ2) is 8.92. The maximum absolute atomic E-state index is 3.91. The Morgan fingerprint density at radius 2 is 1.28 bits per heavy atom. The zero-order valence-corrected chi connectivity index (χ0v) is 14.0. The zero-order valence-electron chi connectivity index (χ0n) is 14.0. The lowest BCUT2D eigenvalue weighted by Gasteiger charge is -2.32. The first kappa shape index (κ1) is 17.9. The summed E-state index contributed by atoms with van der Waals surface area (Å²) < 4.78 is 0. The molecule has 0 aromatic rings. The van der Waals surface area contributed by atoms with E-state index in [0.717, 1.165) is 18.4 Å². The Bertz CT molecular complexity index is 187. The lowest BCUT2D eigenvalue weighted by molar-refractivity contribution is 0.242. The van der Waals surface area contributed by atoms with Crippen molar-refractivity contribution in [3.05, 3.63) is 0 Å². The van der Waals surface area contributed by atoms with E-state index in [9.17, 15) is 0 Å². The van der Waals surface area contributed by atoms with Gasteiger partial charge >= 0.3 is 0 Å². The highest BCUT2D eigenvalue weighted by atomic mass is 15.1. The first-order chi connectivity index (χ1) is 8.22. The number of rotatable bonds is 9. The number of hydrogen-bond acceptors (Lipinski definition) is 2. The quantitative estimate of drug-likeness (QED) is 0.678. The van der Waals surface area contributed by atoms with Gasteiger partial charge in [0.1, 0.15) is 0 Å². The van der Waals surface area contributed by atoms with Crippen molar-refractivity contribution in [1.29, 1.82) is 0 Å². The van der Waals surface area contributed by atoms with Gasteiger partial charge in [0.15, 0.2) is 0 Å². The molecule has 0 aromatic carbocycles. The van der Waals surface area contributed by atoms with Gasteiger partial charge in [0.2, 0.25) is 0 Å². The first-order valence-electron chi connectivity index (χ1n) is 7.63. The Morgan fingerprint density at radius 3 is 1.56 bits per heavy atom. The first-order valence-corrected chi connectivity index (χ1v) is 7.63. The summed E-state index contributed by atoms with van der Waals surface area (Å²) in [6.45, 7) is 15.1. The van der Waals surface area contributed by atoms with Crippen molar-refractivity contribution in [2.75, 3.05) is 20.6 Å². The fourth-order valence-electron chi connectivity index (χ4n) is 2.52. The van der Waals surface area contributed by atoms with Crippen molar-refractivity contribution in [1.82, 2.24) is 10.2 Å². The molecule has 2 heteroatoms. The van der Waals surface area contributed by atoms with Gasteiger partial charge in [-0.05, 0) is 44.7 Å². The van der Waals surface area contributed by atoms with E-state index < -0.39 is 0 Å². The minimum atomic E-state index is 0.600. The average molecular weight is 256 g/mol. The van der Waals surface area contributed by atoms with Crippen LogP contribution in [-0.4, -0.2) is 37.6 Å². The second-order valence-corrected chi connectivity index (χ2v) is 7.24. The maximum Gasteiger partial charge on any atom is 0.0220 e. The van der Waals surface area contributed by atoms with Crippen LogP contribution in [0.25, 0.3) is 0 Å². The minimum Gasteiger partial charge on any atom is -0.310 e. The van der Waals surface area contributed by atoms with E-state index in [2.05, 4.69) is 65.9 Å². The molecule has 110 valence electrons. The van der Waals surface area contributed by atoms with E-state index in [0.29, 0.717) is 18.0 Å². The Balaban J connectivity index is 4.47. The van der Waals surface area contributed by atoms with Gasteiger partial charge in [0, 0.05) is 18.6 Å². The van der Waals surface area contributed by atoms with Crippen LogP contribution in [0, 0.1) is 17.8 Å². The SMILES string of the molecule is CC(C)CC(CC(C)C)NC(CN(C)C)C(C)C. The average Bonchev–Trinajstić information content (AvgIpc) is 2.13. The zero-order chi connectivity index (χ0) is 14.3. The smallest absolute Gasteiger partial charge is 0.0220 e. The summed E-state index contributed by atoms with van der Waals surface area (Å²) in [5, 5.41) is 3.91. The molecule has 2 nitrogen and oxygen atoms in total. The fourth-order valence-corrected chi connectivity index (χ4v) is 2.52. The Hall–Kier alpha value is -0.0800. The van der Waals surface area contributed by atoms with Crippen LogP contribution < -0.4 is 5.32 Å². The van der Waals surface area contributed by atoms with E-state index in [1.807, 2.05) is 0 Å². The van der Waals surface area contributed by atoms with Gasteiger partial charge < -0.3 is 10.2 Å². The predicted molar refractivity (Wildman–Crippen MR) is 83.0 cm³/mol. The summed E-state index contributed by atoms with van der Waals surface area (Å²) >= 11 is 0. The van der Waals surface area contributed by atoms with Crippen LogP contribution in [0.1, 0.15) is 54.4 Å². The highest BCUT2D eigenvalue weighted by Gasteiger charge is 2.20. The van der Waals surface area contributed by atoms with E-state index in [-0.39, 0.29) is 0 Å². The van der Waals surface area contributed by atoms with E-state index in [1.54, 1.807) is 0 Å². The molecule has 0 fully saturated rings. The van der Waals surface area contributed by atoms with Crippen molar-refractivity contribution in [2.24, 2.45) is 17.8 Å². The summed E-state index contributed by atoms with van der Waals surface area (Å²) in [6, 6.07) is 1.26. The van der Waals surface area contributed by atoms with Gasteiger partial charge in [-0.2, -0.15) is 0 Å². The maximum atomic E-state index is 3.91. The van der Waals surface area contributed by atoms with Crippen LogP contribution in [0.15, 0.2) is 0 Å². The summed E-state index contributed by atoms with van der Waals surface area (Å²) in [5.41, 5.74) is 0. The number of hydrogen-bond donors (Lipinski definition) is 1. The van der Waals surface area contributed by atoms with Gasteiger partial charge in [0.25, 0.3) is 0 Å². The Labute approximate surface area is 116 Å². The lowest BCUT2D eigenvalue weighted by Crippen LogP contribution is -2.47. The van der Waals surface area contributed by atoms with E-state index in [4.69, 9.17) is 0 Å². The predicted octanol–water partition coefficient (Wildman–Crippen LogP) is 3.62. The van der Waals surface area contributed by atoms with Crippen LogP contribution in [0.5, 0.6) is 0 Å². The standard InChI is InChI=1S/C16H36N2/c1-12(2)9-15(10-13(3)4)17-16(14(5)6)11-18(7)8/h12-17H,9-11H2,1-8H3. The molecule has 1 N–H and O–H groups in total. The molecule has 0 rings (SSSR count). The van der Waals surface area contributed by atoms with Crippen molar-refractivity contribution in [3.8, 4) is 0 Å². The molecule has 0 amide bonds. The van der Waals surface area contributed by atoms with Gasteiger partial charge in [-0.25, -0.2) is 0 Å². The molecule has 0 saturated carbocycles. The van der Waals surface area contributed by atoms with Crippen LogP contribution in [0.3, 0.4) is 0 Å². The van der Waals surface area contributed by atoms with Gasteiger partial charge in [-0.1, -0.05) is 41.5 Å².